The van der Waals surface area contributed by atoms with Gasteiger partial charge in [-0.05, 0) is 53.6 Å². The van der Waals surface area contributed by atoms with Crippen LogP contribution in [0.5, 0.6) is 5.75 Å². The van der Waals surface area contributed by atoms with Crippen LogP contribution in [0.3, 0.4) is 0 Å². The van der Waals surface area contributed by atoms with E-state index in [9.17, 15) is 9.90 Å². The average molecular weight is 370 g/mol. The first-order chi connectivity index (χ1) is 13.7. The lowest BCUT2D eigenvalue weighted by Crippen LogP contribution is -2.15. The number of carboxylic acid groups (broad SMARTS) is 1. The first-order valence-electron chi connectivity index (χ1n) is 9.49. The maximum absolute atomic E-state index is 12.0. The number of rotatable bonds is 2. The van der Waals surface area contributed by atoms with Gasteiger partial charge in [-0.3, -0.25) is 0 Å². The normalized spacial score (nSPS) is 14.4. The van der Waals surface area contributed by atoms with E-state index >= 15 is 0 Å². The van der Waals surface area contributed by atoms with Gasteiger partial charge in [-0.15, -0.1) is 0 Å². The van der Waals surface area contributed by atoms with E-state index < -0.39 is 5.97 Å². The Hall–Kier alpha value is -3.47. The van der Waals surface area contributed by atoms with Crippen LogP contribution in [0.25, 0.3) is 16.6 Å². The van der Waals surface area contributed by atoms with Crippen LogP contribution in [0, 0.1) is 0 Å². The van der Waals surface area contributed by atoms with Crippen molar-refractivity contribution >= 4 is 16.9 Å². The second kappa shape index (κ2) is 5.52. The molecule has 2 aromatic carbocycles. The average Bonchev–Trinajstić information content (AvgIpc) is 3.41. The van der Waals surface area contributed by atoms with Gasteiger partial charge in [0.05, 0.1) is 24.2 Å². The number of aromatic carboxylic acids is 1. The zero-order valence-corrected chi connectivity index (χ0v) is 15.2. The summed E-state index contributed by atoms with van der Waals surface area (Å²) < 4.78 is 10.1. The third kappa shape index (κ3) is 2.04. The van der Waals surface area contributed by atoms with Crippen molar-refractivity contribution in [3.8, 4) is 11.4 Å². The Balaban J connectivity index is 1.68. The number of benzene rings is 2. The first kappa shape index (κ1) is 15.6. The Bertz CT molecular complexity index is 1280. The van der Waals surface area contributed by atoms with Crippen molar-refractivity contribution in [3.05, 3.63) is 82.8 Å². The molecule has 0 saturated carbocycles. The zero-order chi connectivity index (χ0) is 18.8. The van der Waals surface area contributed by atoms with Crippen LogP contribution in [0.4, 0.5) is 0 Å². The number of carbonyl (C=O) groups is 1. The highest BCUT2D eigenvalue weighted by Crippen LogP contribution is 2.38. The second-order valence-electron chi connectivity index (χ2n) is 7.46. The minimum atomic E-state index is -0.881. The maximum atomic E-state index is 12.0. The Kier molecular flexibility index (Phi) is 3.07. The summed E-state index contributed by atoms with van der Waals surface area (Å²) >= 11 is 0. The van der Waals surface area contributed by atoms with E-state index in [0.29, 0.717) is 5.56 Å². The molecule has 28 heavy (non-hydrogen) atoms. The predicted molar refractivity (Wildman–Crippen MR) is 106 cm³/mol. The molecule has 4 aromatic rings. The number of fused-ring (bicyclic) bond motifs is 5. The summed E-state index contributed by atoms with van der Waals surface area (Å²) in [4.78, 5) is 12.0. The molecule has 5 nitrogen and oxygen atoms in total. The van der Waals surface area contributed by atoms with Crippen LogP contribution >= 0.6 is 0 Å². The molecule has 0 aliphatic carbocycles. The summed E-state index contributed by atoms with van der Waals surface area (Å²) in [6.07, 6.45) is 3.74. The number of hydrogen-bond acceptors (Lipinski definition) is 2. The molecule has 5 heteroatoms. The van der Waals surface area contributed by atoms with Gasteiger partial charge >= 0.3 is 5.97 Å². The van der Waals surface area contributed by atoms with E-state index in [1.54, 1.807) is 6.07 Å². The molecule has 0 radical (unpaired) electrons. The fraction of sp³-hybridized carbons (Fsp3) is 0.174. The van der Waals surface area contributed by atoms with Gasteiger partial charge in [0.25, 0.3) is 0 Å². The third-order valence-electron chi connectivity index (χ3n) is 5.97. The summed E-state index contributed by atoms with van der Waals surface area (Å²) in [5, 5.41) is 10.7. The van der Waals surface area contributed by atoms with E-state index in [1.165, 1.54) is 11.3 Å². The molecule has 4 heterocycles. The fourth-order valence-electron chi connectivity index (χ4n) is 4.72. The smallest absolute Gasteiger partial charge is 0.336 e. The molecule has 0 unspecified atom stereocenters. The van der Waals surface area contributed by atoms with Gasteiger partial charge in [-0.25, -0.2) is 4.79 Å². The van der Waals surface area contributed by atoms with Crippen molar-refractivity contribution < 1.29 is 14.6 Å². The first-order valence-corrected chi connectivity index (χ1v) is 9.49. The molecule has 0 bridgehead atoms. The molecule has 0 spiro atoms. The SMILES string of the molecule is O=C(O)c1cccc2c1c1c(n2-c2ccc3c(c2)CCO3)Cn2cccc2C1. The van der Waals surface area contributed by atoms with Gasteiger partial charge in [0.2, 0.25) is 0 Å². The topological polar surface area (TPSA) is 56.4 Å². The van der Waals surface area contributed by atoms with Crippen LogP contribution in [-0.2, 0) is 19.4 Å². The van der Waals surface area contributed by atoms with Crippen molar-refractivity contribution in [3.63, 3.8) is 0 Å². The van der Waals surface area contributed by atoms with Crippen LogP contribution in [0.1, 0.15) is 32.9 Å². The van der Waals surface area contributed by atoms with Crippen molar-refractivity contribution in [1.82, 2.24) is 9.13 Å². The standard InChI is InChI=1S/C23H18N2O3/c26-23(27)17-4-1-5-19-22(17)18-12-15-3-2-9-24(15)13-20(18)25(19)16-6-7-21-14(11-16)8-10-28-21/h1-7,9,11H,8,10,12-13H2,(H,26,27). The summed E-state index contributed by atoms with van der Waals surface area (Å²) in [5.41, 5.74) is 7.09. The van der Waals surface area contributed by atoms with Crippen LogP contribution in [0.2, 0.25) is 0 Å². The van der Waals surface area contributed by atoms with E-state index in [4.69, 9.17) is 4.74 Å². The Morgan fingerprint density at radius 1 is 1.11 bits per heavy atom. The lowest BCUT2D eigenvalue weighted by Gasteiger charge is -2.20. The van der Waals surface area contributed by atoms with Gasteiger partial charge in [0.15, 0.2) is 0 Å². The van der Waals surface area contributed by atoms with Gasteiger partial charge in [-0.2, -0.15) is 0 Å². The van der Waals surface area contributed by atoms with Crippen molar-refractivity contribution in [2.75, 3.05) is 6.61 Å². The summed E-state index contributed by atoms with van der Waals surface area (Å²) in [7, 11) is 0. The lowest BCUT2D eigenvalue weighted by molar-refractivity contribution is 0.0699. The molecule has 0 saturated heterocycles. The van der Waals surface area contributed by atoms with Crippen molar-refractivity contribution in [2.45, 2.75) is 19.4 Å². The molecule has 2 aliphatic rings. The Morgan fingerprint density at radius 2 is 2.04 bits per heavy atom. The zero-order valence-electron chi connectivity index (χ0n) is 15.2. The Labute approximate surface area is 161 Å². The van der Waals surface area contributed by atoms with Crippen LogP contribution < -0.4 is 4.74 Å². The molecule has 0 amide bonds. The monoisotopic (exact) mass is 370 g/mol. The number of ether oxygens (including phenoxy) is 1. The lowest BCUT2D eigenvalue weighted by atomic mass is 9.99. The molecule has 2 aromatic heterocycles. The highest BCUT2D eigenvalue weighted by Gasteiger charge is 2.27. The highest BCUT2D eigenvalue weighted by atomic mass is 16.5. The molecule has 2 aliphatic heterocycles. The Morgan fingerprint density at radius 3 is 2.93 bits per heavy atom. The largest absolute Gasteiger partial charge is 0.493 e. The number of carboxylic acids is 1. The summed E-state index contributed by atoms with van der Waals surface area (Å²) in [6, 6.07) is 16.0. The molecule has 138 valence electrons. The van der Waals surface area contributed by atoms with Gasteiger partial charge in [0, 0.05) is 41.5 Å². The quantitative estimate of drug-likeness (QED) is 0.511. The molecule has 6 rings (SSSR count). The van der Waals surface area contributed by atoms with E-state index in [2.05, 4.69) is 39.6 Å². The van der Waals surface area contributed by atoms with Crippen molar-refractivity contribution in [2.24, 2.45) is 0 Å². The van der Waals surface area contributed by atoms with Gasteiger partial charge in [-0.1, -0.05) is 6.07 Å². The molecular weight excluding hydrogens is 352 g/mol. The van der Waals surface area contributed by atoms with Crippen LogP contribution in [0.15, 0.2) is 54.7 Å². The number of nitrogens with zero attached hydrogens (tertiary/aromatic N) is 2. The highest BCUT2D eigenvalue weighted by molar-refractivity contribution is 6.05. The number of aromatic nitrogens is 2. The molecular formula is C23H18N2O3. The van der Waals surface area contributed by atoms with Crippen molar-refractivity contribution in [1.29, 1.82) is 0 Å². The predicted octanol–water partition coefficient (Wildman–Crippen LogP) is 4.02. The van der Waals surface area contributed by atoms with Gasteiger partial charge in [0.1, 0.15) is 5.75 Å². The number of hydrogen-bond donors (Lipinski definition) is 1. The van der Waals surface area contributed by atoms with E-state index in [-0.39, 0.29) is 0 Å². The maximum Gasteiger partial charge on any atom is 0.336 e. The summed E-state index contributed by atoms with van der Waals surface area (Å²) in [6.45, 7) is 1.46. The van der Waals surface area contributed by atoms with Gasteiger partial charge < -0.3 is 19.0 Å². The van der Waals surface area contributed by atoms with E-state index in [1.807, 2.05) is 18.2 Å². The molecule has 1 N–H and O–H groups in total. The fourth-order valence-corrected chi connectivity index (χ4v) is 4.72. The van der Waals surface area contributed by atoms with E-state index in [0.717, 1.165) is 59.6 Å². The minimum absolute atomic E-state index is 0.372. The van der Waals surface area contributed by atoms with Crippen LogP contribution in [-0.4, -0.2) is 26.8 Å². The molecule has 0 fully saturated rings. The summed E-state index contributed by atoms with van der Waals surface area (Å²) in [5.74, 6) is 0.0712. The minimum Gasteiger partial charge on any atom is -0.493 e. The third-order valence-corrected chi connectivity index (χ3v) is 5.97. The molecule has 0 atom stereocenters. The second-order valence-corrected chi connectivity index (χ2v) is 7.46.